The number of halogens is 1. The van der Waals surface area contributed by atoms with Gasteiger partial charge in [-0.2, -0.15) is 0 Å². The molecule has 17 heavy (non-hydrogen) atoms. The van der Waals surface area contributed by atoms with Crippen LogP contribution in [0.2, 0.25) is 0 Å². The summed E-state index contributed by atoms with van der Waals surface area (Å²) in [5.74, 6) is 0. The van der Waals surface area contributed by atoms with Gasteiger partial charge in [0, 0.05) is 32.6 Å². The number of hydrogen-bond donors (Lipinski definition) is 3. The Morgan fingerprint density at radius 1 is 0.706 bits per heavy atom. The maximum Gasteiger partial charge on any atom is 0.0108 e. The zero-order valence-electron chi connectivity index (χ0n) is 11.4. The molecule has 0 saturated carbocycles. The highest BCUT2D eigenvalue weighted by Crippen LogP contribution is 1.88. The third-order valence-corrected chi connectivity index (χ3v) is 2.75. The molecule has 0 atom stereocenters. The highest BCUT2D eigenvalue weighted by molar-refractivity contribution is 6.15. The van der Waals surface area contributed by atoms with E-state index in [1.54, 1.807) is 0 Å². The van der Waals surface area contributed by atoms with Crippen molar-refractivity contribution in [3.8, 4) is 0 Å². The van der Waals surface area contributed by atoms with E-state index in [1.165, 1.54) is 51.9 Å². The lowest BCUT2D eigenvalue weighted by Gasteiger charge is -2.09. The Balaban J connectivity index is 0.000000265. The zero-order valence-corrected chi connectivity index (χ0v) is 12.2. The van der Waals surface area contributed by atoms with Crippen LogP contribution < -0.4 is 16.0 Å². The number of likely N-dealkylation sites (N-methyl/N-ethyl adjacent to an activating group) is 1. The van der Waals surface area contributed by atoms with E-state index in [2.05, 4.69) is 39.5 Å². The number of alkyl halides is 1. The van der Waals surface area contributed by atoms with Gasteiger partial charge in [-0.25, -0.2) is 0 Å². The van der Waals surface area contributed by atoms with Crippen molar-refractivity contribution in [3.05, 3.63) is 0 Å². The van der Waals surface area contributed by atoms with Crippen molar-refractivity contribution in [2.45, 2.75) is 12.8 Å². The van der Waals surface area contributed by atoms with E-state index in [0.29, 0.717) is 0 Å². The van der Waals surface area contributed by atoms with Crippen molar-refractivity contribution in [1.29, 1.82) is 0 Å². The molecule has 5 heteroatoms. The van der Waals surface area contributed by atoms with Crippen LogP contribution in [0.15, 0.2) is 0 Å². The summed E-state index contributed by atoms with van der Waals surface area (Å²) in [4.78, 5) is 2.36. The standard InChI is InChI=1S/C6H14N2.C5H12N2.CH3Cl/c1-8-5-2-3-7-4-6-8;1-2-6-4-5-7-3-1;1-2/h7H,2-6H2,1H3;6-7H,1-5H2;1H3. The first-order chi connectivity index (χ1) is 8.39. The fraction of sp³-hybridized carbons (Fsp3) is 1.00. The molecule has 0 bridgehead atoms. The molecule has 3 N–H and O–H groups in total. The number of nitrogens with one attached hydrogen (secondary N) is 3. The largest absolute Gasteiger partial charge is 0.315 e. The van der Waals surface area contributed by atoms with Crippen LogP contribution in [-0.4, -0.2) is 70.7 Å². The second-order valence-corrected chi connectivity index (χ2v) is 4.26. The van der Waals surface area contributed by atoms with E-state index in [9.17, 15) is 0 Å². The third-order valence-electron chi connectivity index (χ3n) is 2.75. The minimum absolute atomic E-state index is 1.14. The molecule has 0 aromatic rings. The van der Waals surface area contributed by atoms with E-state index >= 15 is 0 Å². The zero-order chi connectivity index (χ0) is 12.8. The van der Waals surface area contributed by atoms with E-state index < -0.39 is 0 Å². The van der Waals surface area contributed by atoms with Gasteiger partial charge in [-0.15, -0.1) is 11.6 Å². The molecule has 0 amide bonds. The lowest BCUT2D eigenvalue weighted by atomic mass is 10.4. The SMILES string of the molecule is C1CNCCNC1.CCl.CN1CCCNCC1. The first-order valence-electron chi connectivity index (χ1n) is 6.58. The van der Waals surface area contributed by atoms with E-state index in [1.807, 2.05) is 0 Å². The van der Waals surface area contributed by atoms with Crippen LogP contribution in [-0.2, 0) is 0 Å². The van der Waals surface area contributed by atoms with Crippen LogP contribution >= 0.6 is 11.6 Å². The fourth-order valence-electron chi connectivity index (χ4n) is 1.75. The minimum atomic E-state index is 1.14. The second-order valence-electron chi connectivity index (χ2n) is 4.26. The van der Waals surface area contributed by atoms with Crippen LogP contribution in [0, 0.1) is 0 Å². The Kier molecular flexibility index (Phi) is 14.3. The summed E-state index contributed by atoms with van der Waals surface area (Å²) < 4.78 is 0. The Morgan fingerprint density at radius 2 is 1.24 bits per heavy atom. The van der Waals surface area contributed by atoms with Crippen molar-refractivity contribution >= 4 is 11.6 Å². The van der Waals surface area contributed by atoms with Crippen LogP contribution in [0.4, 0.5) is 0 Å². The monoisotopic (exact) mass is 264 g/mol. The molecule has 0 unspecified atom stereocenters. The summed E-state index contributed by atoms with van der Waals surface area (Å²) in [6.45, 7) is 9.48. The van der Waals surface area contributed by atoms with Crippen molar-refractivity contribution in [2.75, 3.05) is 65.8 Å². The van der Waals surface area contributed by atoms with Crippen LogP contribution in [0.25, 0.3) is 0 Å². The molecule has 0 aromatic carbocycles. The summed E-state index contributed by atoms with van der Waals surface area (Å²) >= 11 is 4.64. The first-order valence-corrected chi connectivity index (χ1v) is 7.33. The van der Waals surface area contributed by atoms with Gasteiger partial charge in [-0.1, -0.05) is 0 Å². The molecule has 2 aliphatic rings. The Hall–Kier alpha value is 0.130. The van der Waals surface area contributed by atoms with Gasteiger partial charge in [-0.05, 0) is 46.1 Å². The maximum absolute atomic E-state index is 4.64. The molecule has 0 aliphatic carbocycles. The molecule has 2 fully saturated rings. The summed E-state index contributed by atoms with van der Waals surface area (Å²) in [7, 11) is 2.17. The summed E-state index contributed by atoms with van der Waals surface area (Å²) in [5, 5.41) is 9.91. The molecule has 4 nitrogen and oxygen atoms in total. The van der Waals surface area contributed by atoms with Crippen LogP contribution in [0.5, 0.6) is 0 Å². The van der Waals surface area contributed by atoms with Gasteiger partial charge in [0.05, 0.1) is 0 Å². The molecular weight excluding hydrogens is 236 g/mol. The van der Waals surface area contributed by atoms with Crippen molar-refractivity contribution in [3.63, 3.8) is 0 Å². The highest BCUT2D eigenvalue weighted by atomic mass is 35.5. The van der Waals surface area contributed by atoms with Crippen molar-refractivity contribution in [2.24, 2.45) is 0 Å². The smallest absolute Gasteiger partial charge is 0.0108 e. The molecule has 0 aromatic heterocycles. The fourth-order valence-corrected chi connectivity index (χ4v) is 1.75. The number of rotatable bonds is 0. The predicted octanol–water partition coefficient (Wildman–Crippen LogP) is 0.336. The van der Waals surface area contributed by atoms with E-state index in [4.69, 9.17) is 0 Å². The molecule has 2 rings (SSSR count). The summed E-state index contributed by atoms with van der Waals surface area (Å²) in [5.41, 5.74) is 0. The quantitative estimate of drug-likeness (QED) is 0.552. The van der Waals surface area contributed by atoms with Gasteiger partial charge in [0.1, 0.15) is 0 Å². The van der Waals surface area contributed by atoms with Gasteiger partial charge in [0.25, 0.3) is 0 Å². The van der Waals surface area contributed by atoms with Gasteiger partial charge < -0.3 is 20.9 Å². The Bertz CT molecular complexity index is 119. The van der Waals surface area contributed by atoms with Gasteiger partial charge in [0.15, 0.2) is 0 Å². The lowest BCUT2D eigenvalue weighted by molar-refractivity contribution is 0.358. The van der Waals surface area contributed by atoms with Gasteiger partial charge in [-0.3, -0.25) is 0 Å². The van der Waals surface area contributed by atoms with Crippen molar-refractivity contribution in [1.82, 2.24) is 20.9 Å². The predicted molar refractivity (Wildman–Crippen MR) is 77.1 cm³/mol. The average Bonchev–Trinajstić information content (AvgIpc) is 2.79. The maximum atomic E-state index is 4.64. The summed E-state index contributed by atoms with van der Waals surface area (Å²) in [6, 6.07) is 0. The number of nitrogens with zero attached hydrogens (tertiary/aromatic N) is 1. The minimum Gasteiger partial charge on any atom is -0.315 e. The van der Waals surface area contributed by atoms with Crippen molar-refractivity contribution < 1.29 is 0 Å². The van der Waals surface area contributed by atoms with E-state index in [0.717, 1.165) is 19.6 Å². The molecule has 2 heterocycles. The Morgan fingerprint density at radius 3 is 1.88 bits per heavy atom. The number of hydrogen-bond acceptors (Lipinski definition) is 4. The molecule has 2 saturated heterocycles. The van der Waals surface area contributed by atoms with Crippen LogP contribution in [0.3, 0.4) is 0 Å². The first kappa shape index (κ1) is 17.1. The Labute approximate surface area is 111 Å². The highest BCUT2D eigenvalue weighted by Gasteiger charge is 2.00. The van der Waals surface area contributed by atoms with Gasteiger partial charge in [0.2, 0.25) is 0 Å². The average molecular weight is 265 g/mol. The van der Waals surface area contributed by atoms with Crippen LogP contribution in [0.1, 0.15) is 12.8 Å². The van der Waals surface area contributed by atoms with Gasteiger partial charge >= 0.3 is 0 Å². The molecule has 0 spiro atoms. The molecule has 2 aliphatic heterocycles. The topological polar surface area (TPSA) is 39.3 Å². The molecule has 104 valence electrons. The summed E-state index contributed by atoms with van der Waals surface area (Å²) in [6.07, 6.45) is 4.05. The second kappa shape index (κ2) is 14.2. The molecule has 0 radical (unpaired) electrons. The van der Waals surface area contributed by atoms with E-state index in [-0.39, 0.29) is 0 Å². The molecular formula is C12H29ClN4. The lowest BCUT2D eigenvalue weighted by Crippen LogP contribution is -2.23. The normalized spacial score (nSPS) is 22.1. The third kappa shape index (κ3) is 12.4.